The van der Waals surface area contributed by atoms with E-state index >= 15 is 0 Å². The second kappa shape index (κ2) is 7.77. The van der Waals surface area contributed by atoms with Crippen LogP contribution >= 0.6 is 0 Å². The number of carbonyl (C=O) groups excluding carboxylic acids is 1. The van der Waals surface area contributed by atoms with Crippen molar-refractivity contribution in [1.29, 1.82) is 0 Å². The highest BCUT2D eigenvalue weighted by Gasteiger charge is 2.16. The summed E-state index contributed by atoms with van der Waals surface area (Å²) in [5.41, 5.74) is 0.572. The standard InChI is InChI=1S/C17H16N2O5/c1-23-13-8-9-14(15(11-13)19(21)22)18-17(20)10-7-12-5-3-4-6-16(12)24-2/h3-11H,1-2H3,(H,18,20). The minimum atomic E-state index is -0.581. The molecule has 2 aromatic carbocycles. The Hall–Kier alpha value is -3.35. The number of benzene rings is 2. The van der Waals surface area contributed by atoms with Crippen LogP contribution in [0.5, 0.6) is 11.5 Å². The molecule has 0 radical (unpaired) electrons. The summed E-state index contributed by atoms with van der Waals surface area (Å²) in [6, 6.07) is 11.4. The number of methoxy groups -OCH3 is 2. The van der Waals surface area contributed by atoms with E-state index in [1.165, 1.54) is 38.5 Å². The van der Waals surface area contributed by atoms with Crippen molar-refractivity contribution in [1.82, 2.24) is 0 Å². The number of nitro benzene ring substituents is 1. The second-order valence-corrected chi connectivity index (χ2v) is 4.70. The van der Waals surface area contributed by atoms with Crippen molar-refractivity contribution in [3.63, 3.8) is 0 Å². The molecule has 0 saturated carbocycles. The van der Waals surface area contributed by atoms with Gasteiger partial charge in [-0.2, -0.15) is 0 Å². The van der Waals surface area contributed by atoms with Gasteiger partial charge in [0.1, 0.15) is 17.2 Å². The maximum absolute atomic E-state index is 12.0. The average Bonchev–Trinajstić information content (AvgIpc) is 2.60. The van der Waals surface area contributed by atoms with E-state index < -0.39 is 10.8 Å². The molecule has 0 atom stereocenters. The van der Waals surface area contributed by atoms with Crippen LogP contribution < -0.4 is 14.8 Å². The molecule has 2 rings (SSSR count). The topological polar surface area (TPSA) is 90.7 Å². The Balaban J connectivity index is 2.18. The third-order valence-corrected chi connectivity index (χ3v) is 3.21. The molecule has 0 aromatic heterocycles. The van der Waals surface area contributed by atoms with Crippen molar-refractivity contribution < 1.29 is 19.2 Å². The largest absolute Gasteiger partial charge is 0.496 e. The third-order valence-electron chi connectivity index (χ3n) is 3.21. The van der Waals surface area contributed by atoms with Crippen LogP contribution in [0.15, 0.2) is 48.5 Å². The number of carbonyl (C=O) groups is 1. The van der Waals surface area contributed by atoms with Crippen molar-refractivity contribution in [2.75, 3.05) is 19.5 Å². The van der Waals surface area contributed by atoms with E-state index in [0.29, 0.717) is 11.5 Å². The Kier molecular flexibility index (Phi) is 5.51. The zero-order valence-corrected chi connectivity index (χ0v) is 13.2. The van der Waals surface area contributed by atoms with E-state index in [0.717, 1.165) is 5.56 Å². The van der Waals surface area contributed by atoms with E-state index in [2.05, 4.69) is 5.32 Å². The molecule has 24 heavy (non-hydrogen) atoms. The Morgan fingerprint density at radius 2 is 1.92 bits per heavy atom. The molecule has 0 aliphatic rings. The molecule has 0 aliphatic carbocycles. The predicted molar refractivity (Wildman–Crippen MR) is 90.3 cm³/mol. The fourth-order valence-electron chi connectivity index (χ4n) is 2.04. The summed E-state index contributed by atoms with van der Waals surface area (Å²) >= 11 is 0. The molecule has 2 aromatic rings. The fraction of sp³-hybridized carbons (Fsp3) is 0.118. The molecular formula is C17H16N2O5. The molecule has 124 valence electrons. The van der Waals surface area contributed by atoms with Gasteiger partial charge in [-0.3, -0.25) is 14.9 Å². The van der Waals surface area contributed by atoms with Crippen LogP contribution in [0.1, 0.15) is 5.56 Å². The van der Waals surface area contributed by atoms with Crippen molar-refractivity contribution >= 4 is 23.4 Å². The van der Waals surface area contributed by atoms with E-state index in [1.807, 2.05) is 12.1 Å². The van der Waals surface area contributed by atoms with Gasteiger partial charge in [-0.25, -0.2) is 0 Å². The van der Waals surface area contributed by atoms with E-state index in [-0.39, 0.29) is 11.4 Å². The van der Waals surface area contributed by atoms with Gasteiger partial charge in [0.15, 0.2) is 0 Å². The van der Waals surface area contributed by atoms with Crippen LogP contribution in [0.25, 0.3) is 6.08 Å². The van der Waals surface area contributed by atoms with E-state index in [4.69, 9.17) is 9.47 Å². The number of rotatable bonds is 6. The van der Waals surface area contributed by atoms with Crippen LogP contribution in [0.2, 0.25) is 0 Å². The molecule has 0 fully saturated rings. The first kappa shape index (κ1) is 17.0. The Bertz CT molecular complexity index is 786. The number of hydrogen-bond donors (Lipinski definition) is 1. The van der Waals surface area contributed by atoms with Crippen molar-refractivity contribution in [3.05, 3.63) is 64.2 Å². The molecule has 1 amide bonds. The number of anilines is 1. The molecule has 0 heterocycles. The molecule has 7 heteroatoms. The fourth-order valence-corrected chi connectivity index (χ4v) is 2.04. The minimum Gasteiger partial charge on any atom is -0.496 e. The van der Waals surface area contributed by atoms with Gasteiger partial charge in [0.25, 0.3) is 5.69 Å². The molecule has 0 unspecified atom stereocenters. The lowest BCUT2D eigenvalue weighted by molar-refractivity contribution is -0.384. The average molecular weight is 328 g/mol. The Labute approximate surface area is 138 Å². The Morgan fingerprint density at radius 3 is 2.58 bits per heavy atom. The lowest BCUT2D eigenvalue weighted by Crippen LogP contribution is -2.09. The number of amides is 1. The summed E-state index contributed by atoms with van der Waals surface area (Å²) in [5, 5.41) is 13.6. The highest BCUT2D eigenvalue weighted by Crippen LogP contribution is 2.29. The van der Waals surface area contributed by atoms with E-state index in [9.17, 15) is 14.9 Å². The smallest absolute Gasteiger partial charge is 0.296 e. The van der Waals surface area contributed by atoms with Gasteiger partial charge in [-0.05, 0) is 24.3 Å². The van der Waals surface area contributed by atoms with Crippen molar-refractivity contribution in [2.24, 2.45) is 0 Å². The van der Waals surface area contributed by atoms with Gasteiger partial charge in [0.05, 0.1) is 25.2 Å². The first-order chi connectivity index (χ1) is 11.5. The molecular weight excluding hydrogens is 312 g/mol. The molecule has 0 spiro atoms. The highest BCUT2D eigenvalue weighted by atomic mass is 16.6. The molecule has 0 aliphatic heterocycles. The van der Waals surface area contributed by atoms with Crippen molar-refractivity contribution in [3.8, 4) is 11.5 Å². The highest BCUT2D eigenvalue weighted by molar-refractivity contribution is 6.03. The molecule has 0 saturated heterocycles. The number of nitro groups is 1. The van der Waals surface area contributed by atoms with Gasteiger partial charge < -0.3 is 14.8 Å². The first-order valence-corrected chi connectivity index (χ1v) is 6.99. The van der Waals surface area contributed by atoms with Crippen LogP contribution in [0.3, 0.4) is 0 Å². The summed E-state index contributed by atoms with van der Waals surface area (Å²) in [6.45, 7) is 0. The number of nitrogens with one attached hydrogen (secondary N) is 1. The number of hydrogen-bond acceptors (Lipinski definition) is 5. The van der Waals surface area contributed by atoms with E-state index in [1.54, 1.807) is 18.2 Å². The van der Waals surface area contributed by atoms with Crippen LogP contribution in [0.4, 0.5) is 11.4 Å². The normalized spacial score (nSPS) is 10.4. The van der Waals surface area contributed by atoms with Gasteiger partial charge >= 0.3 is 0 Å². The van der Waals surface area contributed by atoms with Crippen molar-refractivity contribution in [2.45, 2.75) is 0 Å². The SMILES string of the molecule is COc1ccc(NC(=O)C=Cc2ccccc2OC)c([N+](=O)[O-])c1. The van der Waals surface area contributed by atoms with Gasteiger partial charge in [0.2, 0.25) is 5.91 Å². The molecule has 7 nitrogen and oxygen atoms in total. The monoisotopic (exact) mass is 328 g/mol. The maximum atomic E-state index is 12.0. The van der Waals surface area contributed by atoms with Crippen LogP contribution in [-0.4, -0.2) is 25.1 Å². The molecule has 0 bridgehead atoms. The number of nitrogens with zero attached hydrogens (tertiary/aromatic N) is 1. The number of ether oxygens (including phenoxy) is 2. The zero-order chi connectivity index (χ0) is 17.5. The second-order valence-electron chi connectivity index (χ2n) is 4.70. The van der Waals surface area contributed by atoms with Gasteiger partial charge in [-0.15, -0.1) is 0 Å². The quantitative estimate of drug-likeness (QED) is 0.499. The first-order valence-electron chi connectivity index (χ1n) is 6.99. The zero-order valence-electron chi connectivity index (χ0n) is 13.2. The summed E-state index contributed by atoms with van der Waals surface area (Å²) in [6.07, 6.45) is 2.86. The van der Waals surface area contributed by atoms with Gasteiger partial charge in [-0.1, -0.05) is 18.2 Å². The summed E-state index contributed by atoms with van der Waals surface area (Å²) in [7, 11) is 2.95. The van der Waals surface area contributed by atoms with Crippen LogP contribution in [-0.2, 0) is 4.79 Å². The predicted octanol–water partition coefficient (Wildman–Crippen LogP) is 3.26. The lowest BCUT2D eigenvalue weighted by Gasteiger charge is -2.06. The molecule has 1 N–H and O–H groups in total. The third kappa shape index (κ3) is 4.10. The maximum Gasteiger partial charge on any atom is 0.296 e. The summed E-state index contributed by atoms with van der Waals surface area (Å²) in [4.78, 5) is 22.5. The summed E-state index contributed by atoms with van der Waals surface area (Å²) in [5.74, 6) is 0.468. The minimum absolute atomic E-state index is 0.0930. The van der Waals surface area contributed by atoms with Crippen LogP contribution in [0, 0.1) is 10.1 Å². The Morgan fingerprint density at radius 1 is 1.17 bits per heavy atom. The number of para-hydroxylation sites is 1. The van der Waals surface area contributed by atoms with Gasteiger partial charge in [0, 0.05) is 11.6 Å². The lowest BCUT2D eigenvalue weighted by atomic mass is 10.2. The summed E-state index contributed by atoms with van der Waals surface area (Å²) < 4.78 is 10.1.